The molecule has 0 aromatic carbocycles. The quantitative estimate of drug-likeness (QED) is 0.523. The molecule has 0 aliphatic carbocycles. The first-order valence-electron chi connectivity index (χ1n) is 4.78. The van der Waals surface area contributed by atoms with Gasteiger partial charge in [0.25, 0.3) is 0 Å². The van der Waals surface area contributed by atoms with Gasteiger partial charge in [0.2, 0.25) is 0 Å². The number of allylic oxidation sites excluding steroid dienone is 1. The lowest BCUT2D eigenvalue weighted by Gasteiger charge is -2.37. The SMILES string of the molecule is CC=C1CC2CCCC(C1)N2. The molecule has 0 aromatic heterocycles. The van der Waals surface area contributed by atoms with Crippen molar-refractivity contribution in [3.63, 3.8) is 0 Å². The molecule has 2 aliphatic rings. The molecule has 0 spiro atoms. The van der Waals surface area contributed by atoms with E-state index >= 15 is 0 Å². The molecular weight excluding hydrogens is 134 g/mol. The first kappa shape index (κ1) is 7.35. The number of piperidine rings is 2. The molecule has 1 nitrogen and oxygen atoms in total. The van der Waals surface area contributed by atoms with Crippen molar-refractivity contribution in [3.05, 3.63) is 11.6 Å². The fraction of sp³-hybridized carbons (Fsp3) is 0.800. The van der Waals surface area contributed by atoms with Crippen LogP contribution in [0.25, 0.3) is 0 Å². The number of rotatable bonds is 0. The van der Waals surface area contributed by atoms with Crippen molar-refractivity contribution in [2.45, 2.75) is 51.1 Å². The van der Waals surface area contributed by atoms with Crippen molar-refractivity contribution in [1.82, 2.24) is 5.32 Å². The van der Waals surface area contributed by atoms with Crippen LogP contribution >= 0.6 is 0 Å². The Labute approximate surface area is 68.9 Å². The summed E-state index contributed by atoms with van der Waals surface area (Å²) >= 11 is 0. The molecule has 1 heteroatoms. The summed E-state index contributed by atoms with van der Waals surface area (Å²) in [5.74, 6) is 0. The topological polar surface area (TPSA) is 12.0 Å². The zero-order chi connectivity index (χ0) is 7.68. The van der Waals surface area contributed by atoms with E-state index in [4.69, 9.17) is 0 Å². The maximum atomic E-state index is 3.68. The fourth-order valence-electron chi connectivity index (χ4n) is 2.38. The van der Waals surface area contributed by atoms with Crippen molar-refractivity contribution < 1.29 is 0 Å². The van der Waals surface area contributed by atoms with E-state index in [0.717, 1.165) is 12.1 Å². The average molecular weight is 151 g/mol. The molecule has 0 radical (unpaired) electrons. The predicted molar refractivity (Wildman–Crippen MR) is 47.6 cm³/mol. The lowest BCUT2D eigenvalue weighted by Crippen LogP contribution is -2.46. The summed E-state index contributed by atoms with van der Waals surface area (Å²) in [6.07, 6.45) is 9.17. The van der Waals surface area contributed by atoms with Crippen LogP contribution in [0.2, 0.25) is 0 Å². The van der Waals surface area contributed by atoms with Gasteiger partial charge in [-0.25, -0.2) is 0 Å². The van der Waals surface area contributed by atoms with Crippen molar-refractivity contribution in [3.8, 4) is 0 Å². The molecule has 0 aromatic rings. The van der Waals surface area contributed by atoms with Gasteiger partial charge in [0.1, 0.15) is 0 Å². The summed E-state index contributed by atoms with van der Waals surface area (Å²) in [6, 6.07) is 1.63. The summed E-state index contributed by atoms with van der Waals surface area (Å²) in [5, 5.41) is 3.68. The second-order valence-corrected chi connectivity index (χ2v) is 3.85. The third-order valence-corrected chi connectivity index (χ3v) is 3.00. The Morgan fingerprint density at radius 1 is 1.27 bits per heavy atom. The number of fused-ring (bicyclic) bond motifs is 2. The number of hydrogen-bond acceptors (Lipinski definition) is 1. The third kappa shape index (κ3) is 1.48. The molecule has 62 valence electrons. The molecule has 1 N–H and O–H groups in total. The van der Waals surface area contributed by atoms with Crippen LogP contribution in [0.1, 0.15) is 39.0 Å². The first-order valence-corrected chi connectivity index (χ1v) is 4.78. The van der Waals surface area contributed by atoms with Gasteiger partial charge in [-0.05, 0) is 32.6 Å². The predicted octanol–water partition coefficient (Wildman–Crippen LogP) is 2.24. The van der Waals surface area contributed by atoms with Gasteiger partial charge in [-0.15, -0.1) is 0 Å². The average Bonchev–Trinajstić information content (AvgIpc) is 2.03. The van der Waals surface area contributed by atoms with Gasteiger partial charge in [-0.3, -0.25) is 0 Å². The van der Waals surface area contributed by atoms with Gasteiger partial charge in [-0.1, -0.05) is 18.1 Å². The van der Waals surface area contributed by atoms with Crippen LogP contribution in [0.4, 0.5) is 0 Å². The van der Waals surface area contributed by atoms with Crippen LogP contribution < -0.4 is 5.32 Å². The van der Waals surface area contributed by atoms with Crippen LogP contribution in [0.15, 0.2) is 11.6 Å². The van der Waals surface area contributed by atoms with E-state index in [1.807, 2.05) is 0 Å². The highest BCUT2D eigenvalue weighted by Crippen LogP contribution is 2.28. The lowest BCUT2D eigenvalue weighted by atomic mass is 9.84. The van der Waals surface area contributed by atoms with E-state index in [-0.39, 0.29) is 0 Å². The molecule has 2 saturated heterocycles. The van der Waals surface area contributed by atoms with Crippen LogP contribution in [-0.4, -0.2) is 12.1 Å². The summed E-state index contributed by atoms with van der Waals surface area (Å²) in [6.45, 7) is 2.18. The molecule has 0 saturated carbocycles. The molecule has 11 heavy (non-hydrogen) atoms. The molecular formula is C10H17N. The second kappa shape index (κ2) is 2.98. The second-order valence-electron chi connectivity index (χ2n) is 3.85. The minimum Gasteiger partial charge on any atom is -0.311 e. The number of nitrogens with one attached hydrogen (secondary N) is 1. The van der Waals surface area contributed by atoms with Crippen LogP contribution in [0.3, 0.4) is 0 Å². The smallest absolute Gasteiger partial charge is 0.0107 e. The molecule has 2 atom stereocenters. The van der Waals surface area contributed by atoms with Crippen molar-refractivity contribution >= 4 is 0 Å². The van der Waals surface area contributed by atoms with Gasteiger partial charge in [0.05, 0.1) is 0 Å². The Morgan fingerprint density at radius 2 is 1.91 bits per heavy atom. The standard InChI is InChI=1S/C10H17N/c1-2-8-6-9-4-3-5-10(7-8)11-9/h2,9-11H,3-7H2,1H3. The highest BCUT2D eigenvalue weighted by molar-refractivity contribution is 5.10. The summed E-state index contributed by atoms with van der Waals surface area (Å²) < 4.78 is 0. The van der Waals surface area contributed by atoms with Gasteiger partial charge in [0.15, 0.2) is 0 Å². The zero-order valence-electron chi connectivity index (χ0n) is 7.27. The van der Waals surface area contributed by atoms with E-state index in [1.165, 1.54) is 32.1 Å². The van der Waals surface area contributed by atoms with Crippen LogP contribution in [0, 0.1) is 0 Å². The highest BCUT2D eigenvalue weighted by atomic mass is 15.0. The summed E-state index contributed by atoms with van der Waals surface area (Å²) in [7, 11) is 0. The largest absolute Gasteiger partial charge is 0.311 e. The maximum absolute atomic E-state index is 3.68. The molecule has 2 rings (SSSR count). The minimum absolute atomic E-state index is 0.814. The Hall–Kier alpha value is -0.300. The molecule has 2 heterocycles. The van der Waals surface area contributed by atoms with Crippen molar-refractivity contribution in [2.75, 3.05) is 0 Å². The van der Waals surface area contributed by atoms with E-state index < -0.39 is 0 Å². The Bertz CT molecular complexity index is 158. The minimum atomic E-state index is 0.814. The zero-order valence-corrected chi connectivity index (χ0v) is 7.27. The van der Waals surface area contributed by atoms with Gasteiger partial charge in [-0.2, -0.15) is 0 Å². The number of hydrogen-bond donors (Lipinski definition) is 1. The lowest BCUT2D eigenvalue weighted by molar-refractivity contribution is 0.282. The molecule has 2 bridgehead atoms. The van der Waals surface area contributed by atoms with Crippen LogP contribution in [-0.2, 0) is 0 Å². The monoisotopic (exact) mass is 151 g/mol. The van der Waals surface area contributed by atoms with Gasteiger partial charge >= 0.3 is 0 Å². The third-order valence-electron chi connectivity index (χ3n) is 3.00. The molecule has 0 amide bonds. The van der Waals surface area contributed by atoms with Gasteiger partial charge in [0, 0.05) is 12.1 Å². The van der Waals surface area contributed by atoms with E-state index in [9.17, 15) is 0 Å². The Balaban J connectivity index is 2.05. The molecule has 2 unspecified atom stereocenters. The van der Waals surface area contributed by atoms with E-state index in [1.54, 1.807) is 5.57 Å². The normalized spacial score (nSPS) is 37.0. The van der Waals surface area contributed by atoms with Gasteiger partial charge < -0.3 is 5.32 Å². The summed E-state index contributed by atoms with van der Waals surface area (Å²) in [4.78, 5) is 0. The molecule has 2 aliphatic heterocycles. The first-order chi connectivity index (χ1) is 5.38. The summed E-state index contributed by atoms with van der Waals surface area (Å²) in [5.41, 5.74) is 1.68. The van der Waals surface area contributed by atoms with E-state index in [0.29, 0.717) is 0 Å². The Kier molecular flexibility index (Phi) is 1.99. The van der Waals surface area contributed by atoms with Crippen LogP contribution in [0.5, 0.6) is 0 Å². The highest BCUT2D eigenvalue weighted by Gasteiger charge is 2.26. The van der Waals surface area contributed by atoms with E-state index in [2.05, 4.69) is 18.3 Å². The Morgan fingerprint density at radius 3 is 2.45 bits per heavy atom. The maximum Gasteiger partial charge on any atom is 0.0107 e. The van der Waals surface area contributed by atoms with Crippen molar-refractivity contribution in [1.29, 1.82) is 0 Å². The fourth-order valence-corrected chi connectivity index (χ4v) is 2.38. The van der Waals surface area contributed by atoms with Crippen molar-refractivity contribution in [2.24, 2.45) is 0 Å². The molecule has 2 fully saturated rings.